The average molecular weight is 1030 g/mol. The Morgan fingerprint density at radius 3 is 2.32 bits per heavy atom. The van der Waals surface area contributed by atoms with Crippen molar-refractivity contribution in [2.24, 2.45) is 5.92 Å². The summed E-state index contributed by atoms with van der Waals surface area (Å²) < 4.78 is 60.4. The monoisotopic (exact) mass is 1030 g/mol. The van der Waals surface area contributed by atoms with Gasteiger partial charge in [0.05, 0.1) is 82.4 Å². The molecule has 2 aromatic carbocycles. The van der Waals surface area contributed by atoms with Crippen LogP contribution in [-0.4, -0.2) is 103 Å². The first-order valence-corrected chi connectivity index (χ1v) is 25.0. The molecule has 0 radical (unpaired) electrons. The van der Waals surface area contributed by atoms with Gasteiger partial charge in [-0.05, 0) is 114 Å². The molecular weight excluding hydrogens is 972 g/mol. The maximum atomic E-state index is 14.1. The van der Waals surface area contributed by atoms with Crippen molar-refractivity contribution in [2.75, 3.05) is 42.8 Å². The number of β-amino-alcohol motifs (C(OH)–C–C–N with tert-alkyl or cyclic N) is 1. The Balaban J connectivity index is 0.796. The van der Waals surface area contributed by atoms with Gasteiger partial charge in [0.2, 0.25) is 11.8 Å². The molecular formula is C51H58F3N9O7S2. The number of rotatable bonds is 21. The fourth-order valence-electron chi connectivity index (χ4n) is 8.76. The van der Waals surface area contributed by atoms with Gasteiger partial charge >= 0.3 is 6.18 Å². The molecule has 382 valence electrons. The van der Waals surface area contributed by atoms with Crippen molar-refractivity contribution in [3.8, 4) is 28.0 Å². The number of nitrogens with one attached hydrogen (secondary N) is 1. The number of aryl methyl sites for hydroxylation is 1. The minimum Gasteiger partial charge on any atom is -0.494 e. The van der Waals surface area contributed by atoms with Gasteiger partial charge in [0.1, 0.15) is 23.4 Å². The van der Waals surface area contributed by atoms with E-state index in [1.165, 1.54) is 22.3 Å². The number of thiocarbonyl (C=S) groups is 1. The number of nitrogens with zero attached hydrogens (tertiary/aromatic N) is 8. The van der Waals surface area contributed by atoms with E-state index in [-0.39, 0.29) is 41.5 Å². The summed E-state index contributed by atoms with van der Waals surface area (Å²) in [5.74, 6) is -0.287. The molecule has 4 atom stereocenters. The Kier molecular flexibility index (Phi) is 17.0. The number of thiazole rings is 1. The highest BCUT2D eigenvalue weighted by atomic mass is 32.1. The quantitative estimate of drug-likeness (QED) is 0.0526. The van der Waals surface area contributed by atoms with Gasteiger partial charge in [0.25, 0.3) is 5.91 Å². The van der Waals surface area contributed by atoms with Crippen molar-refractivity contribution < 1.29 is 46.9 Å². The van der Waals surface area contributed by atoms with Crippen molar-refractivity contribution in [3.63, 3.8) is 0 Å². The Morgan fingerprint density at radius 2 is 1.65 bits per heavy atom. The summed E-state index contributed by atoms with van der Waals surface area (Å²) in [7, 11) is 0. The first kappa shape index (κ1) is 53.3. The molecule has 2 aliphatic heterocycles. The summed E-state index contributed by atoms with van der Waals surface area (Å²) in [5.41, 5.74) is 1.90. The van der Waals surface area contributed by atoms with E-state index in [1.807, 2.05) is 39.8 Å². The number of pyridine rings is 1. The third-order valence-corrected chi connectivity index (χ3v) is 13.9. The second-order valence-electron chi connectivity index (χ2n) is 18.6. The van der Waals surface area contributed by atoms with Crippen molar-refractivity contribution in [1.29, 1.82) is 5.26 Å². The van der Waals surface area contributed by atoms with E-state index in [0.29, 0.717) is 55.7 Å². The molecule has 0 bridgehead atoms. The fraction of sp³-hybridized carbons (Fsp3) is 0.451. The maximum absolute atomic E-state index is 14.1. The summed E-state index contributed by atoms with van der Waals surface area (Å²) in [4.78, 5) is 55.3. The highest BCUT2D eigenvalue weighted by Crippen LogP contribution is 2.40. The number of aromatic nitrogens is 4. The minimum absolute atomic E-state index is 0.00859. The van der Waals surface area contributed by atoms with Crippen LogP contribution in [0.1, 0.15) is 101 Å². The number of alkyl halides is 3. The van der Waals surface area contributed by atoms with Crippen molar-refractivity contribution in [2.45, 2.75) is 110 Å². The molecule has 2 aliphatic rings. The number of amides is 3. The van der Waals surface area contributed by atoms with Crippen molar-refractivity contribution in [3.05, 3.63) is 101 Å². The molecule has 5 aromatic rings. The van der Waals surface area contributed by atoms with Crippen LogP contribution in [0.5, 0.6) is 11.5 Å². The Hall–Kier alpha value is -6.47. The van der Waals surface area contributed by atoms with Gasteiger partial charge in [-0.1, -0.05) is 19.9 Å². The number of hydrogen-bond donors (Lipinski definition) is 2. The van der Waals surface area contributed by atoms with Crippen LogP contribution in [0.25, 0.3) is 10.4 Å². The molecule has 0 saturated carbocycles. The van der Waals surface area contributed by atoms with E-state index in [1.54, 1.807) is 77.9 Å². The molecule has 2 saturated heterocycles. The lowest BCUT2D eigenvalue weighted by Gasteiger charge is -2.30. The zero-order valence-corrected chi connectivity index (χ0v) is 42.5. The van der Waals surface area contributed by atoms with Crippen LogP contribution in [0.15, 0.2) is 78.7 Å². The van der Waals surface area contributed by atoms with Crippen LogP contribution in [-0.2, 0) is 25.3 Å². The molecule has 3 amide bonds. The summed E-state index contributed by atoms with van der Waals surface area (Å²) in [6, 6.07) is 13.4. The lowest BCUT2D eigenvalue weighted by atomic mass is 10.0. The summed E-state index contributed by atoms with van der Waals surface area (Å²) in [6.07, 6.45) is 2.56. The molecule has 0 spiro atoms. The number of anilines is 2. The highest BCUT2D eigenvalue weighted by Gasteiger charge is 2.51. The van der Waals surface area contributed by atoms with Gasteiger partial charge < -0.3 is 34.4 Å². The van der Waals surface area contributed by atoms with E-state index in [9.17, 15) is 37.9 Å². The van der Waals surface area contributed by atoms with Crippen LogP contribution < -0.4 is 24.6 Å². The third kappa shape index (κ3) is 12.1. The van der Waals surface area contributed by atoms with Gasteiger partial charge in [-0.2, -0.15) is 23.5 Å². The number of halogens is 3. The number of likely N-dealkylation sites (tertiary alicyclic amines) is 1. The number of hydrogen-bond acceptors (Lipinski definition) is 13. The van der Waals surface area contributed by atoms with Crippen LogP contribution in [0.2, 0.25) is 0 Å². The number of aliphatic hydroxyl groups excluding tert-OH is 1. The van der Waals surface area contributed by atoms with Gasteiger partial charge in [0.15, 0.2) is 10.9 Å². The van der Waals surface area contributed by atoms with Gasteiger partial charge in [-0.25, -0.2) is 4.98 Å². The van der Waals surface area contributed by atoms with Gasteiger partial charge in [-0.3, -0.25) is 28.9 Å². The second-order valence-corrected chi connectivity index (χ2v) is 19.8. The lowest BCUT2D eigenvalue weighted by Crippen LogP contribution is -2.49. The molecule has 16 nitrogen and oxygen atoms in total. The van der Waals surface area contributed by atoms with E-state index in [2.05, 4.69) is 20.4 Å². The van der Waals surface area contributed by atoms with Gasteiger partial charge in [0, 0.05) is 50.0 Å². The van der Waals surface area contributed by atoms with E-state index in [4.69, 9.17) is 26.4 Å². The summed E-state index contributed by atoms with van der Waals surface area (Å²) in [5, 5.41) is 27.3. The van der Waals surface area contributed by atoms with Crippen molar-refractivity contribution >= 4 is 57.8 Å². The highest BCUT2D eigenvalue weighted by molar-refractivity contribution is 7.81. The first-order valence-electron chi connectivity index (χ1n) is 23.7. The molecule has 2 fully saturated rings. The molecule has 5 heterocycles. The van der Waals surface area contributed by atoms with Crippen LogP contribution in [0, 0.1) is 24.2 Å². The third-order valence-electron chi connectivity index (χ3n) is 12.6. The minimum atomic E-state index is -4.79. The SMILES string of the molecule is Cc1ncsc1-c1ccc([C@H](C)NC(=O)[C@@H]2C[C@@H](O)CN2C(=O)[C@@H](C(C)C)n2cc(OCCCOCCCCCOc3ccc(N4C(=S)N(c5ccc(C#N)c(C(F)(F)F)c5)C(=O)C4(C)C)cc3)cn2)nc1. The molecule has 0 unspecified atom stereocenters. The number of carbonyl (C=O) groups is 3. The number of ether oxygens (including phenoxy) is 3. The van der Waals surface area contributed by atoms with Gasteiger partial charge in [-0.15, -0.1) is 11.3 Å². The average Bonchev–Trinajstić information content (AvgIpc) is 4.13. The van der Waals surface area contributed by atoms with Crippen LogP contribution in [0.4, 0.5) is 24.5 Å². The Morgan fingerprint density at radius 1 is 0.958 bits per heavy atom. The number of nitriles is 1. The van der Waals surface area contributed by atoms with E-state index < -0.39 is 53.0 Å². The fourth-order valence-corrected chi connectivity index (χ4v) is 10.1. The zero-order chi connectivity index (χ0) is 51.9. The number of aliphatic hydroxyl groups is 1. The molecule has 0 aliphatic carbocycles. The summed E-state index contributed by atoms with van der Waals surface area (Å²) in [6.45, 7) is 12.8. The molecule has 72 heavy (non-hydrogen) atoms. The first-order chi connectivity index (χ1) is 34.3. The van der Waals surface area contributed by atoms with E-state index >= 15 is 0 Å². The van der Waals surface area contributed by atoms with Crippen LogP contribution >= 0.6 is 23.6 Å². The van der Waals surface area contributed by atoms with Crippen molar-refractivity contribution in [1.82, 2.24) is 30.0 Å². The molecule has 2 N–H and O–H groups in total. The lowest BCUT2D eigenvalue weighted by molar-refractivity contribution is -0.142. The zero-order valence-electron chi connectivity index (χ0n) is 40.9. The molecule has 7 rings (SSSR count). The maximum Gasteiger partial charge on any atom is 0.417 e. The smallest absolute Gasteiger partial charge is 0.417 e. The predicted molar refractivity (Wildman–Crippen MR) is 268 cm³/mol. The standard InChI is InChI=1S/C51H58F3N9O7S2/c1-31(2)44(47(66)60-28-38(64)24-43(60)46(65)59-32(3)42-18-12-35(26-56-42)45-33(4)57-30-72-45)61-29-40(27-58-61)70-22-10-20-68-19-8-7-9-21-69-39-16-14-36(15-17-39)63-49(71)62(48(67)50(63,5)6)37-13-11-34(25-55)41(23-37)51(52,53)54/h11-18,23,26-27,29-32,38,43-44,64H,7-10,19-22,24,28H2,1-6H3,(H,59,65)/t32-,38+,43-,44+/m0/s1. The van der Waals surface area contributed by atoms with Crippen LogP contribution in [0.3, 0.4) is 0 Å². The topological polar surface area (TPSA) is 188 Å². The largest absolute Gasteiger partial charge is 0.494 e. The number of unbranched alkanes of at least 4 members (excludes halogenated alkanes) is 2. The number of benzene rings is 2. The second kappa shape index (κ2) is 22.9. The Labute approximate surface area is 425 Å². The predicted octanol–water partition coefficient (Wildman–Crippen LogP) is 8.59. The molecule has 21 heteroatoms. The molecule has 3 aromatic heterocycles. The summed E-state index contributed by atoms with van der Waals surface area (Å²) >= 11 is 7.17. The normalized spacial score (nSPS) is 17.6. The van der Waals surface area contributed by atoms with E-state index in [0.717, 1.165) is 52.4 Å². The Bertz CT molecular complexity index is 2760. The number of carbonyl (C=O) groups excluding carboxylic acids is 3.